The van der Waals surface area contributed by atoms with Crippen molar-refractivity contribution < 1.29 is 56.8 Å². The van der Waals surface area contributed by atoms with Gasteiger partial charge in [-0.05, 0) is 44.9 Å². The Balaban J connectivity index is 2.40. The Labute approximate surface area is 377 Å². The molecule has 0 saturated carbocycles. The van der Waals surface area contributed by atoms with E-state index < -0.39 is 71.2 Å². The molecule has 0 aliphatic carbocycles. The SMILES string of the molecule is CCCCCCCC/C=C/C/C=C/CCCCC(=O)O[C@H](COC(=O)CCCCCCCCCCCCCCCCCCCCC)CO[C@H]1O[C@H](CS(=O)(=O)O)[C@@H](O)C(O)C1O. The van der Waals surface area contributed by atoms with Crippen LogP contribution in [-0.2, 0) is 38.7 Å². The summed E-state index contributed by atoms with van der Waals surface area (Å²) in [6, 6.07) is 0. The summed E-state index contributed by atoms with van der Waals surface area (Å²) in [6.07, 6.45) is 35.1. The molecule has 6 atom stereocenters. The minimum Gasteiger partial charge on any atom is -0.462 e. The second kappa shape index (κ2) is 39.5. The highest BCUT2D eigenvalue weighted by Gasteiger charge is 2.46. The Kier molecular flexibility index (Phi) is 37.0. The molecule has 0 radical (unpaired) electrons. The maximum Gasteiger partial charge on any atom is 0.306 e. The number of hydrogen-bond donors (Lipinski definition) is 4. The number of allylic oxidation sites excluding steroid dienone is 4. The molecule has 1 aliphatic rings. The van der Waals surface area contributed by atoms with Crippen LogP contribution in [0.15, 0.2) is 24.3 Å². The highest BCUT2D eigenvalue weighted by molar-refractivity contribution is 7.85. The lowest BCUT2D eigenvalue weighted by Gasteiger charge is -2.40. The zero-order valence-corrected chi connectivity index (χ0v) is 39.8. The second-order valence-corrected chi connectivity index (χ2v) is 19.0. The lowest BCUT2D eigenvalue weighted by Crippen LogP contribution is -2.60. The molecule has 0 aromatic rings. The summed E-state index contributed by atoms with van der Waals surface area (Å²) in [5.74, 6) is -2.01. The van der Waals surface area contributed by atoms with Crippen LogP contribution in [0.2, 0.25) is 0 Å². The highest BCUT2D eigenvalue weighted by Crippen LogP contribution is 2.24. The molecule has 1 fully saturated rings. The number of hydrogen-bond acceptors (Lipinski definition) is 11. The number of carbonyl (C=O) groups is 2. The number of carbonyl (C=O) groups excluding carboxylic acids is 2. The van der Waals surface area contributed by atoms with Crippen LogP contribution in [0, 0.1) is 0 Å². The average molecular weight is 903 g/mol. The molecule has 4 N–H and O–H groups in total. The maximum absolute atomic E-state index is 12.8. The number of esters is 2. The molecule has 1 rings (SSSR count). The molecule has 12 nitrogen and oxygen atoms in total. The summed E-state index contributed by atoms with van der Waals surface area (Å²) in [5.41, 5.74) is 0. The van der Waals surface area contributed by atoms with Gasteiger partial charge in [-0.25, -0.2) is 0 Å². The van der Waals surface area contributed by atoms with Crippen molar-refractivity contribution in [2.45, 2.75) is 256 Å². The molecule has 0 aromatic carbocycles. The van der Waals surface area contributed by atoms with E-state index in [1.807, 2.05) is 0 Å². The quantitative estimate of drug-likeness (QED) is 0.0197. The van der Waals surface area contributed by atoms with E-state index in [1.54, 1.807) is 0 Å². The Morgan fingerprint density at radius 3 is 1.45 bits per heavy atom. The fraction of sp³-hybridized carbons (Fsp3) is 0.878. The van der Waals surface area contributed by atoms with Crippen molar-refractivity contribution in [3.8, 4) is 0 Å². The normalized spacial score (nSPS) is 20.0. The molecular formula is C49H90O12S. The third-order valence-electron chi connectivity index (χ3n) is 11.5. The highest BCUT2D eigenvalue weighted by atomic mass is 32.2. The van der Waals surface area contributed by atoms with Gasteiger partial charge >= 0.3 is 11.9 Å². The van der Waals surface area contributed by atoms with Gasteiger partial charge in [-0.15, -0.1) is 0 Å². The predicted molar refractivity (Wildman–Crippen MR) is 247 cm³/mol. The summed E-state index contributed by atoms with van der Waals surface area (Å²) in [5, 5.41) is 30.9. The number of aliphatic hydroxyl groups is 3. The molecule has 0 spiro atoms. The van der Waals surface area contributed by atoms with E-state index in [1.165, 1.54) is 135 Å². The van der Waals surface area contributed by atoms with Crippen LogP contribution in [0.4, 0.5) is 0 Å². The monoisotopic (exact) mass is 903 g/mol. The number of unbranched alkanes of at least 4 members (excludes halogenated alkanes) is 26. The number of rotatable bonds is 42. The van der Waals surface area contributed by atoms with Gasteiger partial charge in [0.1, 0.15) is 36.8 Å². The molecule has 1 saturated heterocycles. The molecule has 13 heteroatoms. The third-order valence-corrected chi connectivity index (χ3v) is 12.3. The summed E-state index contributed by atoms with van der Waals surface area (Å²) >= 11 is 0. The van der Waals surface area contributed by atoms with E-state index in [4.69, 9.17) is 18.9 Å². The van der Waals surface area contributed by atoms with Crippen molar-refractivity contribution in [2.24, 2.45) is 0 Å². The molecule has 0 amide bonds. The molecular weight excluding hydrogens is 813 g/mol. The van der Waals surface area contributed by atoms with E-state index in [0.717, 1.165) is 44.9 Å². The van der Waals surface area contributed by atoms with Crippen LogP contribution in [0.25, 0.3) is 0 Å². The standard InChI is InChI=1S/C49H90O12S/c1-3-5-7-9-11-13-15-17-19-20-21-22-24-25-27-29-31-33-35-37-44(50)58-39-42(40-59-49-48(54)47(53)46(52)43(61-49)41-62(55,56)57)60-45(51)38-36-34-32-30-28-26-23-18-16-14-12-10-8-6-4-2/h18,23,28,30,42-43,46-49,52-54H,3-17,19-22,24-27,29,31-41H2,1-2H3,(H,55,56,57)/b23-18+,30-28+/t42-,43-,46-,47?,48?,49+/m1/s1. The van der Waals surface area contributed by atoms with Crippen molar-refractivity contribution in [2.75, 3.05) is 19.0 Å². The minimum absolute atomic E-state index is 0.125. The average Bonchev–Trinajstić information content (AvgIpc) is 3.24. The van der Waals surface area contributed by atoms with E-state index >= 15 is 0 Å². The lowest BCUT2D eigenvalue weighted by molar-refractivity contribution is -0.297. The molecule has 1 heterocycles. The van der Waals surface area contributed by atoms with E-state index in [2.05, 4.69) is 38.2 Å². The summed E-state index contributed by atoms with van der Waals surface area (Å²) in [4.78, 5) is 25.5. The minimum atomic E-state index is -4.61. The maximum atomic E-state index is 12.8. The van der Waals surface area contributed by atoms with Gasteiger partial charge in [0.25, 0.3) is 10.1 Å². The smallest absolute Gasteiger partial charge is 0.306 e. The molecule has 0 aromatic heterocycles. The van der Waals surface area contributed by atoms with Crippen LogP contribution in [-0.4, -0.2) is 96.0 Å². The summed E-state index contributed by atoms with van der Waals surface area (Å²) in [6.45, 7) is 3.75. The van der Waals surface area contributed by atoms with E-state index in [0.29, 0.717) is 12.8 Å². The molecule has 364 valence electrons. The predicted octanol–water partition coefficient (Wildman–Crippen LogP) is 10.8. The summed E-state index contributed by atoms with van der Waals surface area (Å²) in [7, 11) is -4.61. The van der Waals surface area contributed by atoms with Gasteiger partial charge in [-0.2, -0.15) is 8.42 Å². The molecule has 1 aliphatic heterocycles. The van der Waals surface area contributed by atoms with Crippen LogP contribution in [0.5, 0.6) is 0 Å². The van der Waals surface area contributed by atoms with Gasteiger partial charge in [0, 0.05) is 12.8 Å². The Morgan fingerprint density at radius 1 is 0.548 bits per heavy atom. The first-order valence-corrected chi connectivity index (χ1v) is 26.5. The molecule has 0 bridgehead atoms. The summed E-state index contributed by atoms with van der Waals surface area (Å²) < 4.78 is 54.1. The zero-order valence-electron chi connectivity index (χ0n) is 39.0. The Bertz CT molecular complexity index is 1240. The third kappa shape index (κ3) is 33.6. The van der Waals surface area contributed by atoms with Crippen molar-refractivity contribution in [1.82, 2.24) is 0 Å². The van der Waals surface area contributed by atoms with E-state index in [-0.39, 0.29) is 19.4 Å². The molecule has 2 unspecified atom stereocenters. The van der Waals surface area contributed by atoms with Gasteiger partial charge in [0.05, 0.1) is 6.61 Å². The van der Waals surface area contributed by atoms with Crippen molar-refractivity contribution in [3.63, 3.8) is 0 Å². The Hall–Kier alpha value is -1.87. The van der Waals surface area contributed by atoms with Gasteiger partial charge in [-0.1, -0.05) is 186 Å². The largest absolute Gasteiger partial charge is 0.462 e. The second-order valence-electron chi connectivity index (χ2n) is 17.5. The molecule has 62 heavy (non-hydrogen) atoms. The fourth-order valence-corrected chi connectivity index (χ4v) is 8.34. The van der Waals surface area contributed by atoms with Crippen molar-refractivity contribution in [1.29, 1.82) is 0 Å². The van der Waals surface area contributed by atoms with Gasteiger partial charge in [0.15, 0.2) is 12.4 Å². The van der Waals surface area contributed by atoms with E-state index in [9.17, 15) is 37.9 Å². The van der Waals surface area contributed by atoms with Crippen LogP contribution < -0.4 is 0 Å². The van der Waals surface area contributed by atoms with Crippen molar-refractivity contribution in [3.05, 3.63) is 24.3 Å². The topological polar surface area (TPSA) is 186 Å². The van der Waals surface area contributed by atoms with Crippen LogP contribution in [0.3, 0.4) is 0 Å². The fourth-order valence-electron chi connectivity index (χ4n) is 7.65. The Morgan fingerprint density at radius 2 is 0.968 bits per heavy atom. The van der Waals surface area contributed by atoms with Crippen LogP contribution in [0.1, 0.15) is 219 Å². The van der Waals surface area contributed by atoms with Gasteiger partial charge < -0.3 is 34.3 Å². The number of ether oxygens (including phenoxy) is 4. The van der Waals surface area contributed by atoms with Gasteiger partial charge in [-0.3, -0.25) is 14.1 Å². The first-order valence-electron chi connectivity index (χ1n) is 24.9. The first kappa shape index (κ1) is 58.1. The van der Waals surface area contributed by atoms with Gasteiger partial charge in [0.2, 0.25) is 0 Å². The first-order chi connectivity index (χ1) is 30.0. The number of aliphatic hydroxyl groups excluding tert-OH is 3. The van der Waals surface area contributed by atoms with Crippen LogP contribution >= 0.6 is 0 Å². The lowest BCUT2D eigenvalue weighted by atomic mass is 10.00. The van der Waals surface area contributed by atoms with Crippen molar-refractivity contribution >= 4 is 22.1 Å². The zero-order chi connectivity index (χ0) is 45.5.